The largest absolute Gasteiger partial charge is 0.237 e. The fraction of sp³-hybridized carbons (Fsp3) is 0.250. The molecule has 0 atom stereocenters. The molecule has 0 unspecified atom stereocenters. The lowest BCUT2D eigenvalue weighted by atomic mass is 10.2. The minimum absolute atomic E-state index is 0.543. The Morgan fingerprint density at radius 2 is 1.88 bits per heavy atom. The van der Waals surface area contributed by atoms with Crippen LogP contribution in [-0.4, -0.2) is 9.78 Å². The van der Waals surface area contributed by atoms with Gasteiger partial charge in [-0.1, -0.05) is 12.1 Å². The standard InChI is InChI=1S/C12H12BrClN2/c1-8-12(13)9(2)16(15-8)11-5-3-10(7-14)4-6-11/h3-6H,7H2,1-2H3. The molecule has 0 bridgehead atoms. The average molecular weight is 300 g/mol. The van der Waals surface area contributed by atoms with E-state index in [9.17, 15) is 0 Å². The molecule has 0 saturated heterocycles. The van der Waals surface area contributed by atoms with E-state index in [1.54, 1.807) is 0 Å². The number of nitrogens with zero attached hydrogens (tertiary/aromatic N) is 2. The van der Waals surface area contributed by atoms with E-state index in [4.69, 9.17) is 11.6 Å². The number of aromatic nitrogens is 2. The average Bonchev–Trinajstić information content (AvgIpc) is 2.57. The van der Waals surface area contributed by atoms with Crippen molar-refractivity contribution in [3.8, 4) is 5.69 Å². The summed E-state index contributed by atoms with van der Waals surface area (Å²) in [6, 6.07) is 8.10. The molecule has 16 heavy (non-hydrogen) atoms. The Hall–Kier alpha value is -0.800. The van der Waals surface area contributed by atoms with Crippen molar-refractivity contribution in [3.05, 3.63) is 45.7 Å². The van der Waals surface area contributed by atoms with Gasteiger partial charge in [-0.3, -0.25) is 0 Å². The SMILES string of the molecule is Cc1nn(-c2ccc(CCl)cc2)c(C)c1Br. The highest BCUT2D eigenvalue weighted by atomic mass is 79.9. The lowest BCUT2D eigenvalue weighted by Crippen LogP contribution is -1.98. The zero-order chi connectivity index (χ0) is 11.7. The number of halogens is 2. The molecule has 1 aromatic heterocycles. The molecule has 0 fully saturated rings. The van der Waals surface area contributed by atoms with Crippen molar-refractivity contribution in [1.82, 2.24) is 9.78 Å². The first kappa shape index (κ1) is 11.7. The van der Waals surface area contributed by atoms with Crippen molar-refractivity contribution in [2.24, 2.45) is 0 Å². The van der Waals surface area contributed by atoms with Crippen molar-refractivity contribution < 1.29 is 0 Å². The van der Waals surface area contributed by atoms with Crippen molar-refractivity contribution in [2.45, 2.75) is 19.7 Å². The van der Waals surface area contributed by atoms with Gasteiger partial charge in [0.2, 0.25) is 0 Å². The summed E-state index contributed by atoms with van der Waals surface area (Å²) in [5.41, 5.74) is 4.28. The molecule has 2 rings (SSSR count). The van der Waals surface area contributed by atoms with E-state index < -0.39 is 0 Å². The molecular weight excluding hydrogens is 288 g/mol. The Balaban J connectivity index is 2.46. The molecule has 1 heterocycles. The van der Waals surface area contributed by atoms with E-state index in [1.807, 2.05) is 42.8 Å². The Labute approximate surface area is 108 Å². The molecule has 0 spiro atoms. The number of aryl methyl sites for hydroxylation is 1. The van der Waals surface area contributed by atoms with Gasteiger partial charge >= 0.3 is 0 Å². The second-order valence-corrected chi connectivity index (χ2v) is 4.76. The highest BCUT2D eigenvalue weighted by Crippen LogP contribution is 2.23. The Bertz CT molecular complexity index is 502. The monoisotopic (exact) mass is 298 g/mol. The normalized spacial score (nSPS) is 10.8. The third-order valence-corrected chi connectivity index (χ3v) is 3.99. The number of alkyl halides is 1. The lowest BCUT2D eigenvalue weighted by molar-refractivity contribution is 0.833. The van der Waals surface area contributed by atoms with E-state index in [0.717, 1.165) is 27.1 Å². The summed E-state index contributed by atoms with van der Waals surface area (Å²) in [6.07, 6.45) is 0. The third-order valence-electron chi connectivity index (χ3n) is 2.54. The van der Waals surface area contributed by atoms with Crippen LogP contribution >= 0.6 is 27.5 Å². The molecule has 0 amide bonds. The Kier molecular flexibility index (Phi) is 3.36. The molecular formula is C12H12BrClN2. The van der Waals surface area contributed by atoms with Gasteiger partial charge < -0.3 is 0 Å². The van der Waals surface area contributed by atoms with Crippen LogP contribution in [0.3, 0.4) is 0 Å². The minimum Gasteiger partial charge on any atom is -0.237 e. The van der Waals surface area contributed by atoms with Crippen molar-refractivity contribution >= 4 is 27.5 Å². The third kappa shape index (κ3) is 2.02. The number of rotatable bonds is 2. The summed E-state index contributed by atoms with van der Waals surface area (Å²) in [7, 11) is 0. The van der Waals surface area contributed by atoms with Crippen molar-refractivity contribution in [1.29, 1.82) is 0 Å². The predicted molar refractivity (Wildman–Crippen MR) is 70.3 cm³/mol. The first-order valence-corrected chi connectivity index (χ1v) is 6.33. The van der Waals surface area contributed by atoms with Crippen LogP contribution in [0.5, 0.6) is 0 Å². The molecule has 2 aromatic rings. The maximum Gasteiger partial charge on any atom is 0.0743 e. The first-order valence-electron chi connectivity index (χ1n) is 5.00. The highest BCUT2D eigenvalue weighted by Gasteiger charge is 2.09. The van der Waals surface area contributed by atoms with Gasteiger partial charge in [-0.25, -0.2) is 4.68 Å². The van der Waals surface area contributed by atoms with Crippen LogP contribution in [0, 0.1) is 13.8 Å². The second-order valence-electron chi connectivity index (χ2n) is 3.70. The van der Waals surface area contributed by atoms with Crippen molar-refractivity contribution in [3.63, 3.8) is 0 Å². The van der Waals surface area contributed by atoms with Crippen LogP contribution in [-0.2, 0) is 5.88 Å². The Morgan fingerprint density at radius 1 is 1.25 bits per heavy atom. The van der Waals surface area contributed by atoms with Gasteiger partial charge in [0.1, 0.15) is 0 Å². The van der Waals surface area contributed by atoms with Crippen LogP contribution in [0.25, 0.3) is 5.69 Å². The van der Waals surface area contributed by atoms with Gasteiger partial charge in [0.05, 0.1) is 21.5 Å². The molecule has 1 aromatic carbocycles. The molecule has 0 N–H and O–H groups in total. The second kappa shape index (κ2) is 4.60. The van der Waals surface area contributed by atoms with Crippen LogP contribution in [0.15, 0.2) is 28.7 Å². The molecule has 0 aliphatic carbocycles. The predicted octanol–water partition coefficient (Wildman–Crippen LogP) is 3.99. The van der Waals surface area contributed by atoms with E-state index in [1.165, 1.54) is 0 Å². The van der Waals surface area contributed by atoms with Gasteiger partial charge in [0, 0.05) is 5.88 Å². The minimum atomic E-state index is 0.543. The quantitative estimate of drug-likeness (QED) is 0.767. The van der Waals surface area contributed by atoms with Gasteiger partial charge in [0.25, 0.3) is 0 Å². The lowest BCUT2D eigenvalue weighted by Gasteiger charge is -2.04. The van der Waals surface area contributed by atoms with Crippen LogP contribution < -0.4 is 0 Å². The first-order chi connectivity index (χ1) is 7.63. The summed E-state index contributed by atoms with van der Waals surface area (Å²) in [6.45, 7) is 4.03. The maximum absolute atomic E-state index is 5.76. The van der Waals surface area contributed by atoms with E-state index in [0.29, 0.717) is 5.88 Å². The summed E-state index contributed by atoms with van der Waals surface area (Å²) < 4.78 is 2.99. The highest BCUT2D eigenvalue weighted by molar-refractivity contribution is 9.10. The van der Waals surface area contributed by atoms with Gasteiger partial charge in [-0.05, 0) is 47.5 Å². The van der Waals surface area contributed by atoms with Gasteiger partial charge in [-0.2, -0.15) is 5.10 Å². The number of hydrogen-bond acceptors (Lipinski definition) is 1. The topological polar surface area (TPSA) is 17.8 Å². The summed E-state index contributed by atoms with van der Waals surface area (Å²) in [5.74, 6) is 0.543. The molecule has 0 radical (unpaired) electrons. The van der Waals surface area contributed by atoms with Crippen LogP contribution in [0.1, 0.15) is 17.0 Å². The van der Waals surface area contributed by atoms with Crippen LogP contribution in [0.4, 0.5) is 0 Å². The molecule has 2 nitrogen and oxygen atoms in total. The maximum atomic E-state index is 5.76. The zero-order valence-electron chi connectivity index (χ0n) is 9.17. The van der Waals surface area contributed by atoms with E-state index >= 15 is 0 Å². The van der Waals surface area contributed by atoms with Crippen molar-refractivity contribution in [2.75, 3.05) is 0 Å². The fourth-order valence-electron chi connectivity index (χ4n) is 1.60. The molecule has 0 saturated carbocycles. The van der Waals surface area contributed by atoms with E-state index in [-0.39, 0.29) is 0 Å². The summed E-state index contributed by atoms with van der Waals surface area (Å²) in [5, 5.41) is 4.47. The molecule has 0 aliphatic rings. The number of benzene rings is 1. The van der Waals surface area contributed by atoms with Gasteiger partial charge in [0.15, 0.2) is 0 Å². The molecule has 0 aliphatic heterocycles. The van der Waals surface area contributed by atoms with Gasteiger partial charge in [-0.15, -0.1) is 11.6 Å². The van der Waals surface area contributed by atoms with Crippen LogP contribution in [0.2, 0.25) is 0 Å². The Morgan fingerprint density at radius 3 is 2.31 bits per heavy atom. The smallest absolute Gasteiger partial charge is 0.0743 e. The molecule has 84 valence electrons. The number of hydrogen-bond donors (Lipinski definition) is 0. The molecule has 4 heteroatoms. The van der Waals surface area contributed by atoms with E-state index in [2.05, 4.69) is 21.0 Å². The fourth-order valence-corrected chi connectivity index (χ4v) is 2.03. The summed E-state index contributed by atoms with van der Waals surface area (Å²) >= 11 is 9.28. The zero-order valence-corrected chi connectivity index (χ0v) is 11.5. The summed E-state index contributed by atoms with van der Waals surface area (Å²) in [4.78, 5) is 0.